The standard InChI is InChI=1S/C24H21N3O4/c1-11-9-13(10-12(2)20(11)28)16-17-19(14-7-5-6-8-15(14)21(17)29)25-22-18(16)23(30)27(4)24(31)26(22)3/h5-10,16-17,28H,1-4H3/t16-,17+/m0/s1. The lowest BCUT2D eigenvalue weighted by Crippen LogP contribution is -2.43. The Balaban J connectivity index is 1.92. The highest BCUT2D eigenvalue weighted by Crippen LogP contribution is 2.47. The molecule has 0 fully saturated rings. The molecule has 0 amide bonds. The van der Waals surface area contributed by atoms with Gasteiger partial charge in [-0.2, -0.15) is 0 Å². The molecule has 1 N–H and O–H groups in total. The minimum absolute atomic E-state index is 0.0933. The third-order valence-electron chi connectivity index (χ3n) is 6.46. The number of fused-ring (bicyclic) bond motifs is 4. The molecule has 2 heterocycles. The van der Waals surface area contributed by atoms with E-state index in [2.05, 4.69) is 0 Å². The number of aromatic nitrogens is 2. The molecule has 3 aromatic rings. The van der Waals surface area contributed by atoms with Crippen LogP contribution in [0.1, 0.15) is 44.1 Å². The van der Waals surface area contributed by atoms with Crippen molar-refractivity contribution in [2.24, 2.45) is 25.0 Å². The number of hydrogen-bond donors (Lipinski definition) is 1. The number of aliphatic imine (C=N–C) groups is 1. The van der Waals surface area contributed by atoms with Gasteiger partial charge in [0.15, 0.2) is 5.78 Å². The fourth-order valence-electron chi connectivity index (χ4n) is 4.90. The van der Waals surface area contributed by atoms with Gasteiger partial charge in [0.05, 0.1) is 17.2 Å². The number of carbonyl (C=O) groups is 1. The highest BCUT2D eigenvalue weighted by molar-refractivity contribution is 6.30. The number of aromatic hydroxyl groups is 1. The third kappa shape index (κ3) is 2.46. The van der Waals surface area contributed by atoms with Crippen LogP contribution in [0.5, 0.6) is 5.75 Å². The Hall–Kier alpha value is -3.74. The molecule has 0 saturated heterocycles. The number of aryl methyl sites for hydroxylation is 2. The summed E-state index contributed by atoms with van der Waals surface area (Å²) in [6.07, 6.45) is 0. The van der Waals surface area contributed by atoms with Gasteiger partial charge in [-0.05, 0) is 30.5 Å². The number of carbonyl (C=O) groups excluding carboxylic acids is 1. The van der Waals surface area contributed by atoms with Crippen molar-refractivity contribution in [3.05, 3.63) is 90.6 Å². The van der Waals surface area contributed by atoms with E-state index in [0.717, 1.165) is 15.7 Å². The summed E-state index contributed by atoms with van der Waals surface area (Å²) in [5.74, 6) is -0.922. The highest BCUT2D eigenvalue weighted by atomic mass is 16.3. The van der Waals surface area contributed by atoms with Crippen LogP contribution >= 0.6 is 0 Å². The highest BCUT2D eigenvalue weighted by Gasteiger charge is 2.47. The number of phenols is 1. The van der Waals surface area contributed by atoms with Crippen molar-refractivity contribution >= 4 is 17.3 Å². The molecule has 0 radical (unpaired) electrons. The first-order chi connectivity index (χ1) is 14.7. The van der Waals surface area contributed by atoms with E-state index < -0.39 is 23.1 Å². The number of hydrogen-bond acceptors (Lipinski definition) is 5. The number of nitrogens with zero attached hydrogens (tertiary/aromatic N) is 3. The summed E-state index contributed by atoms with van der Waals surface area (Å²) < 4.78 is 2.41. The molecular weight excluding hydrogens is 394 g/mol. The second-order valence-electron chi connectivity index (χ2n) is 8.31. The molecule has 2 aliphatic rings. The maximum atomic E-state index is 13.5. The van der Waals surface area contributed by atoms with Crippen molar-refractivity contribution in [2.45, 2.75) is 19.8 Å². The van der Waals surface area contributed by atoms with Gasteiger partial charge >= 0.3 is 5.69 Å². The van der Waals surface area contributed by atoms with Crippen molar-refractivity contribution in [1.29, 1.82) is 0 Å². The summed E-state index contributed by atoms with van der Waals surface area (Å²) >= 11 is 0. The lowest BCUT2D eigenvalue weighted by molar-refractivity contribution is 0.0953. The van der Waals surface area contributed by atoms with Crippen LogP contribution in [0.15, 0.2) is 51.0 Å². The smallest absolute Gasteiger partial charge is 0.332 e. The van der Waals surface area contributed by atoms with Gasteiger partial charge in [0.1, 0.15) is 11.6 Å². The molecule has 156 valence electrons. The second-order valence-corrected chi connectivity index (χ2v) is 8.31. The van der Waals surface area contributed by atoms with Gasteiger partial charge < -0.3 is 5.11 Å². The molecule has 1 aliphatic heterocycles. The first-order valence-corrected chi connectivity index (χ1v) is 10.0. The van der Waals surface area contributed by atoms with Crippen molar-refractivity contribution < 1.29 is 9.90 Å². The van der Waals surface area contributed by atoms with Gasteiger partial charge in [0, 0.05) is 31.1 Å². The van der Waals surface area contributed by atoms with E-state index in [1.54, 1.807) is 45.2 Å². The molecule has 2 atom stereocenters. The Labute approximate surface area is 177 Å². The van der Waals surface area contributed by atoms with Crippen LogP contribution in [-0.4, -0.2) is 25.7 Å². The normalized spacial score (nSPS) is 19.0. The van der Waals surface area contributed by atoms with Gasteiger partial charge in [0.25, 0.3) is 5.56 Å². The molecule has 5 rings (SSSR count). The molecule has 1 aromatic heterocycles. The van der Waals surface area contributed by atoms with Gasteiger partial charge in [-0.15, -0.1) is 0 Å². The van der Waals surface area contributed by atoms with Crippen LogP contribution in [0.25, 0.3) is 0 Å². The predicted octanol–water partition coefficient (Wildman–Crippen LogP) is 2.49. The molecule has 2 aromatic carbocycles. The average Bonchev–Trinajstić information content (AvgIpc) is 3.05. The number of benzene rings is 2. The fourth-order valence-corrected chi connectivity index (χ4v) is 4.90. The minimum atomic E-state index is -0.668. The molecule has 0 spiro atoms. The molecule has 7 heteroatoms. The van der Waals surface area contributed by atoms with Crippen molar-refractivity contribution in [1.82, 2.24) is 9.13 Å². The Morgan fingerprint density at radius 1 is 0.903 bits per heavy atom. The molecule has 0 unspecified atom stereocenters. The Morgan fingerprint density at radius 3 is 2.16 bits per heavy atom. The van der Waals surface area contributed by atoms with E-state index >= 15 is 0 Å². The summed E-state index contributed by atoms with van der Waals surface area (Å²) in [7, 11) is 3.01. The van der Waals surface area contributed by atoms with E-state index in [0.29, 0.717) is 28.0 Å². The van der Waals surface area contributed by atoms with Crippen LogP contribution in [0, 0.1) is 19.8 Å². The predicted molar refractivity (Wildman–Crippen MR) is 117 cm³/mol. The van der Waals surface area contributed by atoms with Gasteiger partial charge in [-0.1, -0.05) is 36.4 Å². The Bertz CT molecular complexity index is 1440. The summed E-state index contributed by atoms with van der Waals surface area (Å²) in [6.45, 7) is 3.57. The van der Waals surface area contributed by atoms with Crippen molar-refractivity contribution in [3.8, 4) is 5.75 Å². The largest absolute Gasteiger partial charge is 0.507 e. The summed E-state index contributed by atoms with van der Waals surface area (Å²) in [5.41, 5.74) is 3.32. The quantitative estimate of drug-likeness (QED) is 0.661. The molecule has 7 nitrogen and oxygen atoms in total. The molecule has 1 aliphatic carbocycles. The Kier molecular flexibility index (Phi) is 3.96. The fraction of sp³-hybridized carbons (Fsp3) is 0.250. The van der Waals surface area contributed by atoms with E-state index in [1.807, 2.05) is 12.1 Å². The maximum Gasteiger partial charge on any atom is 0.332 e. The summed E-state index contributed by atoms with van der Waals surface area (Å²) in [5, 5.41) is 10.3. The van der Waals surface area contributed by atoms with Crippen molar-refractivity contribution in [2.75, 3.05) is 0 Å². The van der Waals surface area contributed by atoms with E-state index in [1.165, 1.54) is 11.6 Å². The number of ketones is 1. The Morgan fingerprint density at radius 2 is 1.52 bits per heavy atom. The first kappa shape index (κ1) is 19.2. The van der Waals surface area contributed by atoms with Gasteiger partial charge in [-0.25, -0.2) is 9.79 Å². The second kappa shape index (κ2) is 6.38. The summed E-state index contributed by atoms with van der Waals surface area (Å²) in [4.78, 5) is 44.1. The minimum Gasteiger partial charge on any atom is -0.507 e. The lowest BCUT2D eigenvalue weighted by atomic mass is 9.76. The maximum absolute atomic E-state index is 13.5. The third-order valence-corrected chi connectivity index (χ3v) is 6.46. The van der Waals surface area contributed by atoms with Crippen LogP contribution in [0.4, 0.5) is 5.82 Å². The molecule has 0 saturated carbocycles. The van der Waals surface area contributed by atoms with Crippen LogP contribution < -0.4 is 11.2 Å². The van der Waals surface area contributed by atoms with E-state index in [4.69, 9.17) is 4.99 Å². The zero-order chi connectivity index (χ0) is 22.2. The lowest BCUT2D eigenvalue weighted by Gasteiger charge is -2.30. The molecule has 31 heavy (non-hydrogen) atoms. The first-order valence-electron chi connectivity index (χ1n) is 10.0. The van der Waals surface area contributed by atoms with Crippen molar-refractivity contribution in [3.63, 3.8) is 0 Å². The SMILES string of the molecule is Cc1cc([C@@H]2c3c(n(C)c(=O)n(C)c3=O)N=C3c4ccccc4C(=O)[C@@H]32)cc(C)c1O. The van der Waals surface area contributed by atoms with Gasteiger partial charge in [0.2, 0.25) is 0 Å². The number of phenolic OH excluding ortho intramolecular Hbond substituents is 1. The average molecular weight is 415 g/mol. The van der Waals surface area contributed by atoms with Gasteiger partial charge in [-0.3, -0.25) is 18.7 Å². The molecular formula is C24H21N3O4. The zero-order valence-corrected chi connectivity index (χ0v) is 17.6. The topological polar surface area (TPSA) is 93.7 Å². The van der Waals surface area contributed by atoms with E-state index in [-0.39, 0.29) is 17.4 Å². The van der Waals surface area contributed by atoms with Crippen LogP contribution in [0.2, 0.25) is 0 Å². The van der Waals surface area contributed by atoms with E-state index in [9.17, 15) is 19.5 Å². The zero-order valence-electron chi connectivity index (χ0n) is 17.6. The van der Waals surface area contributed by atoms with Crippen LogP contribution in [-0.2, 0) is 14.1 Å². The number of rotatable bonds is 1. The number of Topliss-reactive ketones (excluding diaryl/α,β-unsaturated/α-hetero) is 1. The molecule has 0 bridgehead atoms. The summed E-state index contributed by atoms with van der Waals surface area (Å²) in [6, 6.07) is 10.9. The monoisotopic (exact) mass is 415 g/mol. The van der Waals surface area contributed by atoms with Crippen LogP contribution in [0.3, 0.4) is 0 Å².